The van der Waals surface area contributed by atoms with Crippen LogP contribution in [-0.4, -0.2) is 33.7 Å². The number of amides is 2. The monoisotopic (exact) mass is 281 g/mol. The van der Waals surface area contributed by atoms with Gasteiger partial charge in [-0.05, 0) is 34.6 Å². The van der Waals surface area contributed by atoms with Gasteiger partial charge in [0.25, 0.3) is 0 Å². The Hall–Kier alpha value is -2.05. The van der Waals surface area contributed by atoms with E-state index < -0.39 is 6.04 Å². The highest BCUT2D eigenvalue weighted by Gasteiger charge is 2.17. The van der Waals surface area contributed by atoms with Gasteiger partial charge < -0.3 is 16.4 Å². The molecule has 0 fully saturated rings. The Kier molecular flexibility index (Phi) is 5.12. The normalized spacial score (nSPS) is 12.3. The molecule has 20 heavy (non-hydrogen) atoms. The molecule has 0 saturated heterocycles. The molecule has 1 atom stereocenters. The minimum absolute atomic E-state index is 0.0395. The summed E-state index contributed by atoms with van der Waals surface area (Å²) < 4.78 is 1.53. The van der Waals surface area contributed by atoms with Gasteiger partial charge in [0.05, 0.1) is 17.1 Å². The fourth-order valence-electron chi connectivity index (χ4n) is 1.76. The predicted molar refractivity (Wildman–Crippen MR) is 77.0 cm³/mol. The lowest BCUT2D eigenvalue weighted by atomic mass is 10.2. The van der Waals surface area contributed by atoms with Crippen molar-refractivity contribution < 1.29 is 9.59 Å². The number of nitrogens with zero attached hydrogens (tertiary/aromatic N) is 2. The molecule has 7 heteroatoms. The zero-order chi connectivity index (χ0) is 15.4. The number of aromatic nitrogens is 2. The van der Waals surface area contributed by atoms with Crippen LogP contribution >= 0.6 is 0 Å². The van der Waals surface area contributed by atoms with Crippen molar-refractivity contribution in [1.82, 2.24) is 20.4 Å². The van der Waals surface area contributed by atoms with Crippen LogP contribution in [0.3, 0.4) is 0 Å². The fraction of sp³-hybridized carbons (Fsp3) is 0.615. The molecule has 112 valence electrons. The number of hydrogen-bond donors (Lipinski definition) is 3. The molecule has 2 amide bonds. The summed E-state index contributed by atoms with van der Waals surface area (Å²) in [5, 5.41) is 9.56. The van der Waals surface area contributed by atoms with E-state index in [9.17, 15) is 9.59 Å². The van der Waals surface area contributed by atoms with E-state index in [0.717, 1.165) is 5.69 Å². The van der Waals surface area contributed by atoms with Gasteiger partial charge in [-0.25, -0.2) is 0 Å². The Labute approximate surface area is 118 Å². The van der Waals surface area contributed by atoms with E-state index in [-0.39, 0.29) is 24.4 Å². The van der Waals surface area contributed by atoms with Gasteiger partial charge in [0.2, 0.25) is 11.8 Å². The second-order valence-electron chi connectivity index (χ2n) is 5.19. The number of carbonyl (C=O) groups is 2. The molecule has 7 nitrogen and oxygen atoms in total. The summed E-state index contributed by atoms with van der Waals surface area (Å²) in [5.74, 6) is -0.483. The number of aryl methyl sites for hydroxylation is 1. The Bertz CT molecular complexity index is 507. The van der Waals surface area contributed by atoms with Crippen molar-refractivity contribution in [3.63, 3.8) is 0 Å². The molecule has 0 aliphatic rings. The van der Waals surface area contributed by atoms with Crippen molar-refractivity contribution >= 4 is 17.5 Å². The van der Waals surface area contributed by atoms with Crippen molar-refractivity contribution in [2.45, 2.75) is 53.2 Å². The van der Waals surface area contributed by atoms with Crippen LogP contribution in [-0.2, 0) is 16.1 Å². The maximum atomic E-state index is 11.9. The van der Waals surface area contributed by atoms with Crippen molar-refractivity contribution in [3.05, 3.63) is 11.4 Å². The molecule has 1 unspecified atom stereocenters. The predicted octanol–water partition coefficient (Wildman–Crippen LogP) is 0.111. The van der Waals surface area contributed by atoms with Crippen LogP contribution in [0, 0.1) is 13.8 Å². The number of anilines is 1. The number of hydrogen-bond acceptors (Lipinski definition) is 4. The molecule has 1 rings (SSSR count). The maximum absolute atomic E-state index is 11.9. The second kappa shape index (κ2) is 6.40. The summed E-state index contributed by atoms with van der Waals surface area (Å²) >= 11 is 0. The SMILES string of the molecule is Cc1nn(CC(=O)NC(C)C(=O)NC(C)C)c(C)c1N. The topological polar surface area (TPSA) is 102 Å². The quantitative estimate of drug-likeness (QED) is 0.713. The Morgan fingerprint density at radius 3 is 2.30 bits per heavy atom. The highest BCUT2D eigenvalue weighted by molar-refractivity contribution is 5.87. The Balaban J connectivity index is 2.59. The third-order valence-electron chi connectivity index (χ3n) is 2.93. The summed E-state index contributed by atoms with van der Waals surface area (Å²) in [7, 11) is 0. The first-order valence-corrected chi connectivity index (χ1v) is 6.61. The van der Waals surface area contributed by atoms with E-state index in [2.05, 4.69) is 15.7 Å². The second-order valence-corrected chi connectivity index (χ2v) is 5.19. The standard InChI is InChI=1S/C13H23N5O2/c1-7(2)15-13(20)9(4)16-11(19)6-18-10(5)12(14)8(3)17-18/h7,9H,6,14H2,1-5H3,(H,15,20)(H,16,19). The van der Waals surface area contributed by atoms with Crippen molar-refractivity contribution in [3.8, 4) is 0 Å². The van der Waals surface area contributed by atoms with Crippen LogP contribution in [0.15, 0.2) is 0 Å². The molecular weight excluding hydrogens is 258 g/mol. The number of rotatable bonds is 5. The molecule has 0 aromatic carbocycles. The first-order valence-electron chi connectivity index (χ1n) is 6.61. The van der Waals surface area contributed by atoms with E-state index in [1.807, 2.05) is 13.8 Å². The van der Waals surface area contributed by atoms with E-state index in [1.54, 1.807) is 20.8 Å². The first kappa shape index (κ1) is 16.0. The number of carbonyl (C=O) groups excluding carboxylic acids is 2. The zero-order valence-electron chi connectivity index (χ0n) is 12.7. The van der Waals surface area contributed by atoms with Crippen LogP contribution in [0.5, 0.6) is 0 Å². The molecule has 0 saturated carbocycles. The molecule has 0 bridgehead atoms. The van der Waals surface area contributed by atoms with Crippen LogP contribution in [0.4, 0.5) is 5.69 Å². The van der Waals surface area contributed by atoms with Gasteiger partial charge in [-0.3, -0.25) is 14.3 Å². The lowest BCUT2D eigenvalue weighted by molar-refractivity contribution is -0.129. The van der Waals surface area contributed by atoms with Crippen LogP contribution in [0.1, 0.15) is 32.2 Å². The third-order valence-corrected chi connectivity index (χ3v) is 2.93. The maximum Gasteiger partial charge on any atom is 0.242 e. The van der Waals surface area contributed by atoms with Gasteiger partial charge in [0, 0.05) is 6.04 Å². The minimum atomic E-state index is -0.584. The zero-order valence-corrected chi connectivity index (χ0v) is 12.7. The Morgan fingerprint density at radius 1 is 1.25 bits per heavy atom. The molecule has 0 aliphatic heterocycles. The van der Waals surface area contributed by atoms with E-state index in [4.69, 9.17) is 5.73 Å². The number of nitrogen functional groups attached to an aromatic ring is 1. The van der Waals surface area contributed by atoms with Gasteiger partial charge in [-0.15, -0.1) is 0 Å². The molecule has 1 aromatic heterocycles. The first-order chi connectivity index (χ1) is 9.22. The molecule has 0 aliphatic carbocycles. The van der Waals surface area contributed by atoms with Gasteiger partial charge in [-0.1, -0.05) is 0 Å². The summed E-state index contributed by atoms with van der Waals surface area (Å²) in [6.45, 7) is 9.01. The van der Waals surface area contributed by atoms with Gasteiger partial charge in [0.15, 0.2) is 0 Å². The molecule has 0 spiro atoms. The summed E-state index contributed by atoms with van der Waals surface area (Å²) in [4.78, 5) is 23.6. The highest BCUT2D eigenvalue weighted by atomic mass is 16.2. The molecule has 0 radical (unpaired) electrons. The Morgan fingerprint density at radius 2 is 1.85 bits per heavy atom. The number of nitrogens with one attached hydrogen (secondary N) is 2. The summed E-state index contributed by atoms with van der Waals surface area (Å²) in [5.41, 5.74) is 7.83. The smallest absolute Gasteiger partial charge is 0.242 e. The van der Waals surface area contributed by atoms with Crippen molar-refractivity contribution in [1.29, 1.82) is 0 Å². The van der Waals surface area contributed by atoms with Crippen LogP contribution in [0.25, 0.3) is 0 Å². The van der Waals surface area contributed by atoms with E-state index >= 15 is 0 Å². The molecule has 4 N–H and O–H groups in total. The molecule has 1 aromatic rings. The molecular formula is C13H23N5O2. The van der Waals surface area contributed by atoms with Gasteiger partial charge >= 0.3 is 0 Å². The van der Waals surface area contributed by atoms with Gasteiger partial charge in [-0.2, -0.15) is 5.10 Å². The van der Waals surface area contributed by atoms with Crippen LogP contribution < -0.4 is 16.4 Å². The van der Waals surface area contributed by atoms with E-state index in [0.29, 0.717) is 11.4 Å². The lowest BCUT2D eigenvalue weighted by Crippen LogP contribution is -2.47. The lowest BCUT2D eigenvalue weighted by Gasteiger charge is -2.16. The largest absolute Gasteiger partial charge is 0.396 e. The average molecular weight is 281 g/mol. The average Bonchev–Trinajstić information content (AvgIpc) is 2.56. The highest BCUT2D eigenvalue weighted by Crippen LogP contribution is 2.14. The fourth-order valence-corrected chi connectivity index (χ4v) is 1.76. The van der Waals surface area contributed by atoms with Crippen LogP contribution in [0.2, 0.25) is 0 Å². The number of nitrogens with two attached hydrogens (primary N) is 1. The van der Waals surface area contributed by atoms with E-state index in [1.165, 1.54) is 4.68 Å². The van der Waals surface area contributed by atoms with Gasteiger partial charge in [0.1, 0.15) is 12.6 Å². The molecule has 1 heterocycles. The summed E-state index contributed by atoms with van der Waals surface area (Å²) in [6.07, 6.45) is 0. The van der Waals surface area contributed by atoms with Crippen molar-refractivity contribution in [2.75, 3.05) is 5.73 Å². The van der Waals surface area contributed by atoms with Crippen molar-refractivity contribution in [2.24, 2.45) is 0 Å². The minimum Gasteiger partial charge on any atom is -0.396 e. The third kappa shape index (κ3) is 3.97. The summed E-state index contributed by atoms with van der Waals surface area (Å²) in [6, 6.07) is -0.545.